The van der Waals surface area contributed by atoms with Gasteiger partial charge in [0.25, 0.3) is 0 Å². The molecule has 2 aromatic rings. The van der Waals surface area contributed by atoms with Crippen molar-refractivity contribution in [1.82, 2.24) is 9.29 Å². The molecule has 0 saturated carbocycles. The van der Waals surface area contributed by atoms with Gasteiger partial charge < -0.3 is 5.32 Å². The summed E-state index contributed by atoms with van der Waals surface area (Å²) in [4.78, 5) is 16.8. The first-order chi connectivity index (χ1) is 13.4. The Hall–Kier alpha value is -1.51. The van der Waals surface area contributed by atoms with Gasteiger partial charge in [0.1, 0.15) is 0 Å². The number of benzene rings is 1. The van der Waals surface area contributed by atoms with Gasteiger partial charge in [0, 0.05) is 19.5 Å². The molecule has 1 aromatic carbocycles. The number of fused-ring (bicyclic) bond motifs is 1. The van der Waals surface area contributed by atoms with Crippen LogP contribution in [-0.2, 0) is 14.8 Å². The molecule has 2 rings (SSSR count). The Kier molecular flexibility index (Phi) is 8.85. The molecule has 0 spiro atoms. The van der Waals surface area contributed by atoms with Gasteiger partial charge in [-0.05, 0) is 37.5 Å². The van der Waals surface area contributed by atoms with Gasteiger partial charge in [0.05, 0.1) is 15.1 Å². The molecule has 1 N–H and O–H groups in total. The summed E-state index contributed by atoms with van der Waals surface area (Å²) in [5.74, 6) is -0.0416. The number of thiazole rings is 1. The van der Waals surface area contributed by atoms with Crippen molar-refractivity contribution in [1.29, 1.82) is 0 Å². The maximum atomic E-state index is 13.0. The van der Waals surface area contributed by atoms with Crippen LogP contribution >= 0.6 is 11.3 Å². The average molecular weight is 426 g/mol. The lowest BCUT2D eigenvalue weighted by Crippen LogP contribution is -2.32. The Morgan fingerprint density at radius 3 is 2.43 bits per heavy atom. The maximum absolute atomic E-state index is 13.0. The van der Waals surface area contributed by atoms with Gasteiger partial charge in [0.2, 0.25) is 15.9 Å². The highest BCUT2D eigenvalue weighted by Gasteiger charge is 2.23. The van der Waals surface area contributed by atoms with Gasteiger partial charge in [0.15, 0.2) is 5.13 Å². The van der Waals surface area contributed by atoms with E-state index >= 15 is 0 Å². The fraction of sp³-hybridized carbons (Fsp3) is 0.600. The summed E-state index contributed by atoms with van der Waals surface area (Å²) in [7, 11) is -3.52. The van der Waals surface area contributed by atoms with Crippen molar-refractivity contribution in [2.45, 2.75) is 70.6 Å². The quantitative estimate of drug-likeness (QED) is 0.485. The van der Waals surface area contributed by atoms with Crippen molar-refractivity contribution in [2.24, 2.45) is 0 Å². The second-order valence-electron chi connectivity index (χ2n) is 6.91. The number of carbonyl (C=O) groups excluding carboxylic acids is 1. The highest BCUT2D eigenvalue weighted by molar-refractivity contribution is 7.89. The second kappa shape index (κ2) is 10.9. The van der Waals surface area contributed by atoms with E-state index in [4.69, 9.17) is 0 Å². The zero-order chi connectivity index (χ0) is 20.6. The average Bonchev–Trinajstić information content (AvgIpc) is 3.06. The van der Waals surface area contributed by atoms with E-state index in [1.165, 1.54) is 15.6 Å². The smallest absolute Gasteiger partial charge is 0.243 e. The predicted molar refractivity (Wildman–Crippen MR) is 116 cm³/mol. The molecule has 8 heteroatoms. The number of rotatable bonds is 12. The zero-order valence-corrected chi connectivity index (χ0v) is 18.7. The van der Waals surface area contributed by atoms with Gasteiger partial charge in [-0.2, -0.15) is 4.31 Å². The van der Waals surface area contributed by atoms with Crippen LogP contribution < -0.4 is 5.32 Å². The molecule has 28 heavy (non-hydrogen) atoms. The Balaban J connectivity index is 2.14. The van der Waals surface area contributed by atoms with Crippen molar-refractivity contribution < 1.29 is 13.2 Å². The molecule has 156 valence electrons. The summed E-state index contributed by atoms with van der Waals surface area (Å²) in [6, 6.07) is 4.98. The van der Waals surface area contributed by atoms with Gasteiger partial charge >= 0.3 is 0 Å². The van der Waals surface area contributed by atoms with Crippen LogP contribution in [0.15, 0.2) is 23.1 Å². The van der Waals surface area contributed by atoms with Gasteiger partial charge in [-0.1, -0.05) is 51.4 Å². The van der Waals surface area contributed by atoms with Crippen molar-refractivity contribution in [3.8, 4) is 0 Å². The van der Waals surface area contributed by atoms with Crippen LogP contribution in [0.3, 0.4) is 0 Å². The van der Waals surface area contributed by atoms with E-state index in [0.717, 1.165) is 43.2 Å². The number of amides is 1. The SMILES string of the molecule is CCCCCCC(=O)Nc1nc2ccc(S(=O)(=O)N(CCC)CCC)cc2s1. The number of sulfonamides is 1. The number of carbonyl (C=O) groups is 1. The summed E-state index contributed by atoms with van der Waals surface area (Å²) >= 11 is 1.31. The first-order valence-corrected chi connectivity index (χ1v) is 12.4. The van der Waals surface area contributed by atoms with Crippen LogP contribution in [-0.4, -0.2) is 36.7 Å². The monoisotopic (exact) mass is 425 g/mol. The van der Waals surface area contributed by atoms with Gasteiger partial charge in [-0.25, -0.2) is 13.4 Å². The van der Waals surface area contributed by atoms with Crippen molar-refractivity contribution in [3.63, 3.8) is 0 Å². The summed E-state index contributed by atoms with van der Waals surface area (Å²) in [6.45, 7) is 7.11. The minimum atomic E-state index is -3.52. The predicted octanol–water partition coefficient (Wildman–Crippen LogP) is 5.02. The molecular weight excluding hydrogens is 394 g/mol. The van der Waals surface area contributed by atoms with Crippen LogP contribution in [0.2, 0.25) is 0 Å². The first kappa shape index (κ1) is 22.8. The molecule has 0 unspecified atom stereocenters. The Morgan fingerprint density at radius 2 is 1.79 bits per heavy atom. The number of anilines is 1. The minimum Gasteiger partial charge on any atom is -0.302 e. The van der Waals surface area contributed by atoms with E-state index in [-0.39, 0.29) is 10.8 Å². The molecular formula is C20H31N3O3S2. The fourth-order valence-corrected chi connectivity index (χ4v) is 5.66. The van der Waals surface area contributed by atoms with Gasteiger partial charge in [-0.3, -0.25) is 4.79 Å². The van der Waals surface area contributed by atoms with Crippen LogP contribution in [0.4, 0.5) is 5.13 Å². The van der Waals surface area contributed by atoms with E-state index in [0.29, 0.717) is 30.2 Å². The number of nitrogens with one attached hydrogen (secondary N) is 1. The zero-order valence-electron chi connectivity index (χ0n) is 17.0. The molecule has 0 bridgehead atoms. The lowest BCUT2D eigenvalue weighted by atomic mass is 10.1. The Labute approximate surface area is 172 Å². The van der Waals surface area contributed by atoms with E-state index < -0.39 is 10.0 Å². The lowest BCUT2D eigenvalue weighted by Gasteiger charge is -2.20. The third-order valence-corrected chi connectivity index (χ3v) is 7.28. The first-order valence-electron chi connectivity index (χ1n) is 10.1. The fourth-order valence-electron chi connectivity index (χ4n) is 3.01. The van der Waals surface area contributed by atoms with Crippen molar-refractivity contribution >= 4 is 42.6 Å². The molecule has 1 heterocycles. The second-order valence-corrected chi connectivity index (χ2v) is 9.88. The molecule has 0 fully saturated rings. The minimum absolute atomic E-state index is 0.0416. The molecule has 0 aliphatic rings. The van der Waals surface area contributed by atoms with Crippen LogP contribution in [0, 0.1) is 0 Å². The normalized spacial score (nSPS) is 12.0. The Bertz CT molecular complexity index is 872. The molecule has 0 aliphatic carbocycles. The lowest BCUT2D eigenvalue weighted by molar-refractivity contribution is -0.116. The van der Waals surface area contributed by atoms with Crippen molar-refractivity contribution in [3.05, 3.63) is 18.2 Å². The topological polar surface area (TPSA) is 79.4 Å². The molecule has 0 radical (unpaired) electrons. The molecule has 6 nitrogen and oxygen atoms in total. The summed E-state index contributed by atoms with van der Waals surface area (Å²) in [6.07, 6.45) is 6.23. The molecule has 1 aromatic heterocycles. The third-order valence-electron chi connectivity index (χ3n) is 4.45. The number of nitrogens with zero attached hydrogens (tertiary/aromatic N) is 2. The maximum Gasteiger partial charge on any atom is 0.243 e. The van der Waals surface area contributed by atoms with E-state index in [2.05, 4.69) is 17.2 Å². The molecule has 0 atom stereocenters. The van der Waals surface area contributed by atoms with E-state index in [9.17, 15) is 13.2 Å². The van der Waals surface area contributed by atoms with E-state index in [1.54, 1.807) is 18.2 Å². The highest BCUT2D eigenvalue weighted by atomic mass is 32.2. The van der Waals surface area contributed by atoms with Crippen LogP contribution in [0.1, 0.15) is 65.7 Å². The summed E-state index contributed by atoms with van der Waals surface area (Å²) in [5, 5.41) is 3.36. The highest BCUT2D eigenvalue weighted by Crippen LogP contribution is 2.29. The number of aromatic nitrogens is 1. The van der Waals surface area contributed by atoms with E-state index in [1.807, 2.05) is 13.8 Å². The number of unbranched alkanes of at least 4 members (excludes halogenated alkanes) is 3. The molecule has 0 saturated heterocycles. The number of hydrogen-bond donors (Lipinski definition) is 1. The standard InChI is InChI=1S/C20H31N3O3S2/c1-4-7-8-9-10-19(24)22-20-21-17-12-11-16(15-18(17)27-20)28(25,26)23(13-5-2)14-6-3/h11-12,15H,4-10,13-14H2,1-3H3,(H,21,22,24). The summed E-state index contributed by atoms with van der Waals surface area (Å²) < 4.78 is 28.2. The largest absolute Gasteiger partial charge is 0.302 e. The number of hydrogen-bond acceptors (Lipinski definition) is 5. The molecule has 0 aliphatic heterocycles. The van der Waals surface area contributed by atoms with Crippen molar-refractivity contribution in [2.75, 3.05) is 18.4 Å². The van der Waals surface area contributed by atoms with Crippen LogP contribution in [0.5, 0.6) is 0 Å². The molecule has 1 amide bonds. The van der Waals surface area contributed by atoms with Crippen LogP contribution in [0.25, 0.3) is 10.2 Å². The Morgan fingerprint density at radius 1 is 1.07 bits per heavy atom. The summed E-state index contributed by atoms with van der Waals surface area (Å²) in [5.41, 5.74) is 0.697. The third kappa shape index (κ3) is 5.99. The van der Waals surface area contributed by atoms with Gasteiger partial charge in [-0.15, -0.1) is 0 Å².